The van der Waals surface area contributed by atoms with Crippen LogP contribution in [0.15, 0.2) is 24.3 Å². The highest BCUT2D eigenvalue weighted by Gasteiger charge is 2.12. The van der Waals surface area contributed by atoms with Gasteiger partial charge in [0.15, 0.2) is 0 Å². The number of unbranched alkanes of at least 4 members (excludes halogenated alkanes) is 1. The van der Waals surface area contributed by atoms with Crippen molar-refractivity contribution in [1.82, 2.24) is 5.32 Å². The number of hydrogen-bond acceptors (Lipinski definition) is 2. The van der Waals surface area contributed by atoms with Gasteiger partial charge in [-0.1, -0.05) is 45.2 Å². The van der Waals surface area contributed by atoms with Crippen LogP contribution in [-0.4, -0.2) is 13.2 Å². The minimum atomic E-state index is 0.402. The van der Waals surface area contributed by atoms with Gasteiger partial charge in [-0.25, -0.2) is 0 Å². The zero-order chi connectivity index (χ0) is 14.1. The van der Waals surface area contributed by atoms with Crippen LogP contribution in [-0.2, 0) is 0 Å². The molecule has 2 nitrogen and oxygen atoms in total. The van der Waals surface area contributed by atoms with E-state index in [-0.39, 0.29) is 0 Å². The molecule has 0 amide bonds. The first-order valence-corrected chi connectivity index (χ1v) is 7.61. The van der Waals surface area contributed by atoms with E-state index in [2.05, 4.69) is 38.2 Å². The Balaban J connectivity index is 2.55. The summed E-state index contributed by atoms with van der Waals surface area (Å²) in [6, 6.07) is 9.42. The normalized spacial score (nSPS) is 14.1. The molecule has 0 bridgehead atoms. The molecule has 0 aliphatic rings. The van der Waals surface area contributed by atoms with Crippen LogP contribution >= 0.6 is 0 Å². The summed E-state index contributed by atoms with van der Waals surface area (Å²) in [7, 11) is 1.71. The van der Waals surface area contributed by atoms with Gasteiger partial charge >= 0.3 is 0 Å². The molecule has 1 aromatic rings. The average Bonchev–Trinajstić information content (AvgIpc) is 2.45. The summed E-state index contributed by atoms with van der Waals surface area (Å²) < 4.78 is 5.20. The van der Waals surface area contributed by atoms with Crippen LogP contribution in [0, 0.1) is 0 Å². The van der Waals surface area contributed by atoms with Gasteiger partial charge in [-0.3, -0.25) is 0 Å². The lowest BCUT2D eigenvalue weighted by atomic mass is 10.0. The highest BCUT2D eigenvalue weighted by Crippen LogP contribution is 2.19. The number of nitrogens with one attached hydrogen (secondary N) is 1. The van der Waals surface area contributed by atoms with Crippen LogP contribution in [0.5, 0.6) is 5.75 Å². The molecule has 2 unspecified atom stereocenters. The lowest BCUT2D eigenvalue weighted by Gasteiger charge is -2.23. The molecule has 0 fully saturated rings. The van der Waals surface area contributed by atoms with Crippen molar-refractivity contribution >= 4 is 0 Å². The summed E-state index contributed by atoms with van der Waals surface area (Å²) in [5.74, 6) is 0.923. The van der Waals surface area contributed by atoms with Gasteiger partial charge in [0.25, 0.3) is 0 Å². The van der Waals surface area contributed by atoms with Crippen LogP contribution in [0.2, 0.25) is 0 Å². The Morgan fingerprint density at radius 2 is 1.74 bits per heavy atom. The molecule has 2 atom stereocenters. The van der Waals surface area contributed by atoms with Crippen molar-refractivity contribution in [2.45, 2.75) is 65.0 Å². The van der Waals surface area contributed by atoms with Crippen molar-refractivity contribution in [1.29, 1.82) is 0 Å². The number of benzene rings is 1. The third-order valence-corrected chi connectivity index (χ3v) is 3.64. The molecule has 1 aromatic carbocycles. The van der Waals surface area contributed by atoms with Crippen LogP contribution in [0.1, 0.15) is 64.5 Å². The molecule has 0 aromatic heterocycles. The predicted octanol–water partition coefficient (Wildman–Crippen LogP) is 4.70. The Labute approximate surface area is 118 Å². The van der Waals surface area contributed by atoms with E-state index in [9.17, 15) is 0 Å². The van der Waals surface area contributed by atoms with Crippen molar-refractivity contribution in [2.75, 3.05) is 7.11 Å². The first-order chi connectivity index (χ1) is 9.21. The van der Waals surface area contributed by atoms with Crippen molar-refractivity contribution in [3.05, 3.63) is 29.8 Å². The van der Waals surface area contributed by atoms with Crippen molar-refractivity contribution < 1.29 is 4.74 Å². The lowest BCUT2D eigenvalue weighted by molar-refractivity contribution is 0.394. The monoisotopic (exact) mass is 263 g/mol. The number of methoxy groups -OCH3 is 1. The molecule has 0 saturated carbocycles. The fourth-order valence-electron chi connectivity index (χ4n) is 2.45. The standard InChI is InChI=1S/C17H29NO/c1-5-7-9-16(8-6-2)18-14(3)15-10-12-17(19-4)13-11-15/h10-14,16,18H,5-9H2,1-4H3. The largest absolute Gasteiger partial charge is 0.497 e. The van der Waals surface area contributed by atoms with E-state index in [1.54, 1.807) is 7.11 Å². The molecule has 2 heteroatoms. The van der Waals surface area contributed by atoms with Gasteiger partial charge < -0.3 is 10.1 Å². The summed E-state index contributed by atoms with van der Waals surface area (Å²) in [4.78, 5) is 0. The molecule has 108 valence electrons. The van der Waals surface area contributed by atoms with Crippen LogP contribution < -0.4 is 10.1 Å². The van der Waals surface area contributed by atoms with E-state index in [0.29, 0.717) is 12.1 Å². The first-order valence-electron chi connectivity index (χ1n) is 7.61. The molecule has 0 radical (unpaired) electrons. The SMILES string of the molecule is CCCCC(CCC)NC(C)c1ccc(OC)cc1. The second-order valence-corrected chi connectivity index (χ2v) is 5.29. The van der Waals surface area contributed by atoms with E-state index in [0.717, 1.165) is 5.75 Å². The van der Waals surface area contributed by atoms with Gasteiger partial charge in [0.05, 0.1) is 7.11 Å². The second kappa shape index (κ2) is 8.98. The van der Waals surface area contributed by atoms with E-state index in [1.807, 2.05) is 12.1 Å². The van der Waals surface area contributed by atoms with Crippen molar-refractivity contribution in [3.63, 3.8) is 0 Å². The second-order valence-electron chi connectivity index (χ2n) is 5.29. The van der Waals surface area contributed by atoms with Gasteiger partial charge in [-0.15, -0.1) is 0 Å². The molecule has 1 N–H and O–H groups in total. The highest BCUT2D eigenvalue weighted by molar-refractivity contribution is 5.28. The Bertz CT molecular complexity index is 334. The molecule has 0 spiro atoms. The van der Waals surface area contributed by atoms with Gasteiger partial charge in [-0.05, 0) is 37.5 Å². The van der Waals surface area contributed by atoms with E-state index in [1.165, 1.54) is 37.7 Å². The Hall–Kier alpha value is -1.02. The van der Waals surface area contributed by atoms with E-state index >= 15 is 0 Å². The zero-order valence-electron chi connectivity index (χ0n) is 12.9. The third kappa shape index (κ3) is 5.65. The van der Waals surface area contributed by atoms with E-state index < -0.39 is 0 Å². The van der Waals surface area contributed by atoms with Gasteiger partial charge in [0, 0.05) is 12.1 Å². The topological polar surface area (TPSA) is 21.3 Å². The maximum absolute atomic E-state index is 5.20. The summed E-state index contributed by atoms with van der Waals surface area (Å²) in [6.45, 7) is 6.77. The minimum Gasteiger partial charge on any atom is -0.497 e. The van der Waals surface area contributed by atoms with Gasteiger partial charge in [0.1, 0.15) is 5.75 Å². The first kappa shape index (κ1) is 16.0. The third-order valence-electron chi connectivity index (χ3n) is 3.64. The zero-order valence-corrected chi connectivity index (χ0v) is 12.9. The summed E-state index contributed by atoms with van der Waals surface area (Å²) in [5.41, 5.74) is 1.33. The highest BCUT2D eigenvalue weighted by atomic mass is 16.5. The van der Waals surface area contributed by atoms with Crippen molar-refractivity contribution in [2.24, 2.45) is 0 Å². The number of rotatable bonds is 9. The maximum atomic E-state index is 5.20. The molecule has 0 heterocycles. The molecule has 19 heavy (non-hydrogen) atoms. The Kier molecular flexibility index (Phi) is 7.57. The minimum absolute atomic E-state index is 0.402. The Morgan fingerprint density at radius 3 is 2.26 bits per heavy atom. The van der Waals surface area contributed by atoms with Crippen LogP contribution in [0.4, 0.5) is 0 Å². The molecule has 0 aliphatic heterocycles. The quantitative estimate of drug-likeness (QED) is 0.697. The average molecular weight is 263 g/mol. The fourth-order valence-corrected chi connectivity index (χ4v) is 2.45. The molecule has 0 saturated heterocycles. The lowest BCUT2D eigenvalue weighted by Crippen LogP contribution is -2.31. The van der Waals surface area contributed by atoms with Gasteiger partial charge in [0.2, 0.25) is 0 Å². The molecule has 0 aliphatic carbocycles. The summed E-state index contributed by atoms with van der Waals surface area (Å²) >= 11 is 0. The van der Waals surface area contributed by atoms with Crippen LogP contribution in [0.3, 0.4) is 0 Å². The smallest absolute Gasteiger partial charge is 0.118 e. The number of ether oxygens (including phenoxy) is 1. The molecule has 1 rings (SSSR count). The van der Waals surface area contributed by atoms with Crippen LogP contribution in [0.25, 0.3) is 0 Å². The molecular weight excluding hydrogens is 234 g/mol. The predicted molar refractivity (Wildman–Crippen MR) is 82.8 cm³/mol. The van der Waals surface area contributed by atoms with Crippen molar-refractivity contribution in [3.8, 4) is 5.75 Å². The molecular formula is C17H29NO. The summed E-state index contributed by atoms with van der Waals surface area (Å²) in [6.07, 6.45) is 6.38. The van der Waals surface area contributed by atoms with E-state index in [4.69, 9.17) is 4.74 Å². The Morgan fingerprint density at radius 1 is 1.05 bits per heavy atom. The number of hydrogen-bond donors (Lipinski definition) is 1. The summed E-state index contributed by atoms with van der Waals surface area (Å²) in [5, 5.41) is 3.77. The maximum Gasteiger partial charge on any atom is 0.118 e. The fraction of sp³-hybridized carbons (Fsp3) is 0.647. The van der Waals surface area contributed by atoms with Gasteiger partial charge in [-0.2, -0.15) is 0 Å².